The molecule has 0 saturated heterocycles. The average Bonchev–Trinajstić information content (AvgIpc) is 2.11. The topological polar surface area (TPSA) is 0 Å². The summed E-state index contributed by atoms with van der Waals surface area (Å²) >= 11 is 0. The van der Waals surface area contributed by atoms with Crippen molar-refractivity contribution in [3.8, 4) is 0 Å². The maximum atomic E-state index is 12.2. The SMILES string of the molecule is CC1=CCCC(C(F)(F)F)CC1. The largest absolute Gasteiger partial charge is 0.391 e. The minimum atomic E-state index is -3.99. The van der Waals surface area contributed by atoms with Crippen LogP contribution in [0.25, 0.3) is 0 Å². The van der Waals surface area contributed by atoms with Crippen molar-refractivity contribution in [1.82, 2.24) is 0 Å². The molecule has 0 aromatic carbocycles. The molecule has 0 bridgehead atoms. The molecule has 0 aliphatic heterocycles. The predicted molar refractivity (Wildman–Crippen MR) is 41.8 cm³/mol. The molecule has 1 atom stereocenters. The highest BCUT2D eigenvalue weighted by molar-refractivity contribution is 5.01. The second-order valence-corrected chi connectivity index (χ2v) is 3.41. The van der Waals surface area contributed by atoms with Crippen LogP contribution < -0.4 is 0 Å². The first kappa shape index (κ1) is 9.62. The lowest BCUT2D eigenvalue weighted by atomic mass is 9.99. The molecule has 0 nitrogen and oxygen atoms in total. The molecule has 1 rings (SSSR count). The third kappa shape index (κ3) is 2.54. The lowest BCUT2D eigenvalue weighted by Crippen LogP contribution is -2.22. The third-order valence-corrected chi connectivity index (χ3v) is 2.36. The van der Waals surface area contributed by atoms with E-state index in [1.165, 1.54) is 0 Å². The highest BCUT2D eigenvalue weighted by Crippen LogP contribution is 2.36. The minimum absolute atomic E-state index is 0.265. The van der Waals surface area contributed by atoms with Crippen LogP contribution in [0, 0.1) is 5.92 Å². The molecule has 0 aromatic heterocycles. The Morgan fingerprint density at radius 3 is 2.58 bits per heavy atom. The van der Waals surface area contributed by atoms with E-state index in [0.717, 1.165) is 5.57 Å². The van der Waals surface area contributed by atoms with E-state index in [9.17, 15) is 13.2 Å². The van der Waals surface area contributed by atoms with Crippen LogP contribution in [0.2, 0.25) is 0 Å². The fourth-order valence-corrected chi connectivity index (χ4v) is 1.51. The van der Waals surface area contributed by atoms with E-state index >= 15 is 0 Å². The lowest BCUT2D eigenvalue weighted by molar-refractivity contribution is -0.177. The Bertz CT molecular complexity index is 179. The summed E-state index contributed by atoms with van der Waals surface area (Å²) in [4.78, 5) is 0. The highest BCUT2D eigenvalue weighted by atomic mass is 19.4. The van der Waals surface area contributed by atoms with Crippen molar-refractivity contribution in [2.75, 3.05) is 0 Å². The number of alkyl halides is 3. The van der Waals surface area contributed by atoms with Crippen LogP contribution in [0.5, 0.6) is 0 Å². The maximum absolute atomic E-state index is 12.2. The van der Waals surface area contributed by atoms with Gasteiger partial charge in [0.15, 0.2) is 0 Å². The number of hydrogen-bond acceptors (Lipinski definition) is 0. The Hall–Kier alpha value is -0.470. The van der Waals surface area contributed by atoms with Gasteiger partial charge in [-0.2, -0.15) is 13.2 Å². The average molecular weight is 178 g/mol. The molecule has 1 aliphatic carbocycles. The molecule has 0 spiro atoms. The van der Waals surface area contributed by atoms with Crippen LogP contribution in [-0.2, 0) is 0 Å². The van der Waals surface area contributed by atoms with Crippen molar-refractivity contribution in [2.45, 2.75) is 38.8 Å². The summed E-state index contributed by atoms with van der Waals surface area (Å²) < 4.78 is 36.7. The normalized spacial score (nSPS) is 26.3. The zero-order valence-electron chi connectivity index (χ0n) is 7.12. The zero-order chi connectivity index (χ0) is 9.19. The van der Waals surface area contributed by atoms with E-state index in [1.807, 2.05) is 13.0 Å². The summed E-state index contributed by atoms with van der Waals surface area (Å²) in [6, 6.07) is 0. The summed E-state index contributed by atoms with van der Waals surface area (Å²) in [6.45, 7) is 1.90. The van der Waals surface area contributed by atoms with E-state index in [-0.39, 0.29) is 12.8 Å². The third-order valence-electron chi connectivity index (χ3n) is 2.36. The second kappa shape index (κ2) is 3.50. The van der Waals surface area contributed by atoms with Crippen LogP contribution in [0.4, 0.5) is 13.2 Å². The fourth-order valence-electron chi connectivity index (χ4n) is 1.51. The van der Waals surface area contributed by atoms with Gasteiger partial charge in [-0.25, -0.2) is 0 Å². The molecule has 0 saturated carbocycles. The first-order valence-corrected chi connectivity index (χ1v) is 4.22. The predicted octanol–water partition coefficient (Wildman–Crippen LogP) is 3.69. The van der Waals surface area contributed by atoms with Gasteiger partial charge < -0.3 is 0 Å². The lowest BCUT2D eigenvalue weighted by Gasteiger charge is -2.17. The standard InChI is InChI=1S/C9H13F3/c1-7-3-2-4-8(6-5-7)9(10,11)12/h3,8H,2,4-6H2,1H3. The van der Waals surface area contributed by atoms with Gasteiger partial charge in [-0.1, -0.05) is 11.6 Å². The Kier molecular flexibility index (Phi) is 2.80. The molecule has 0 N–H and O–H groups in total. The summed E-state index contributed by atoms with van der Waals surface area (Å²) in [7, 11) is 0. The van der Waals surface area contributed by atoms with Crippen LogP contribution in [0.1, 0.15) is 32.6 Å². The molecule has 1 unspecified atom stereocenters. The molecule has 12 heavy (non-hydrogen) atoms. The van der Waals surface area contributed by atoms with Gasteiger partial charge in [0.25, 0.3) is 0 Å². The van der Waals surface area contributed by atoms with Crippen molar-refractivity contribution in [2.24, 2.45) is 5.92 Å². The number of hydrogen-bond donors (Lipinski definition) is 0. The van der Waals surface area contributed by atoms with Gasteiger partial charge in [0.1, 0.15) is 0 Å². The van der Waals surface area contributed by atoms with Crippen LogP contribution in [0.3, 0.4) is 0 Å². The van der Waals surface area contributed by atoms with Gasteiger partial charge >= 0.3 is 6.18 Å². The monoisotopic (exact) mass is 178 g/mol. The van der Waals surface area contributed by atoms with Crippen LogP contribution in [-0.4, -0.2) is 6.18 Å². The molecule has 0 heterocycles. The first-order valence-electron chi connectivity index (χ1n) is 4.22. The van der Waals surface area contributed by atoms with E-state index in [2.05, 4.69) is 0 Å². The molecule has 3 heteroatoms. The molecule has 0 amide bonds. The Morgan fingerprint density at radius 1 is 1.33 bits per heavy atom. The number of rotatable bonds is 0. The Labute approximate surface area is 70.5 Å². The first-order chi connectivity index (χ1) is 5.50. The van der Waals surface area contributed by atoms with Crippen molar-refractivity contribution < 1.29 is 13.2 Å². The zero-order valence-corrected chi connectivity index (χ0v) is 7.12. The summed E-state index contributed by atoms with van der Waals surface area (Å²) in [5.74, 6) is -1.08. The Morgan fingerprint density at radius 2 is 2.00 bits per heavy atom. The van der Waals surface area contributed by atoms with E-state index in [0.29, 0.717) is 12.8 Å². The summed E-state index contributed by atoms with van der Waals surface area (Å²) in [6.07, 6.45) is -0.350. The molecule has 1 aliphatic rings. The Balaban J connectivity index is 2.52. The number of halogens is 3. The van der Waals surface area contributed by atoms with Crippen molar-refractivity contribution in [3.05, 3.63) is 11.6 Å². The highest BCUT2D eigenvalue weighted by Gasteiger charge is 2.38. The molecule has 0 radical (unpaired) electrons. The van der Waals surface area contributed by atoms with Gasteiger partial charge in [0, 0.05) is 0 Å². The molecule has 70 valence electrons. The van der Waals surface area contributed by atoms with Crippen molar-refractivity contribution in [3.63, 3.8) is 0 Å². The molecule has 0 fully saturated rings. The van der Waals surface area contributed by atoms with Crippen LogP contribution >= 0.6 is 0 Å². The quantitative estimate of drug-likeness (QED) is 0.496. The van der Waals surface area contributed by atoms with E-state index in [4.69, 9.17) is 0 Å². The van der Waals surface area contributed by atoms with Crippen LogP contribution in [0.15, 0.2) is 11.6 Å². The maximum Gasteiger partial charge on any atom is 0.391 e. The molecular weight excluding hydrogens is 165 g/mol. The van der Waals surface area contributed by atoms with Gasteiger partial charge in [0.2, 0.25) is 0 Å². The second-order valence-electron chi connectivity index (χ2n) is 3.41. The fraction of sp³-hybridized carbons (Fsp3) is 0.778. The van der Waals surface area contributed by atoms with Crippen molar-refractivity contribution >= 4 is 0 Å². The smallest absolute Gasteiger partial charge is 0.171 e. The summed E-state index contributed by atoms with van der Waals surface area (Å²) in [5, 5.41) is 0. The van der Waals surface area contributed by atoms with Gasteiger partial charge in [-0.3, -0.25) is 0 Å². The summed E-state index contributed by atoms with van der Waals surface area (Å²) in [5.41, 5.74) is 1.10. The number of allylic oxidation sites excluding steroid dienone is 2. The molecular formula is C9H13F3. The van der Waals surface area contributed by atoms with Gasteiger partial charge in [-0.15, -0.1) is 0 Å². The van der Waals surface area contributed by atoms with E-state index in [1.54, 1.807) is 0 Å². The molecule has 0 aromatic rings. The minimum Gasteiger partial charge on any atom is -0.171 e. The van der Waals surface area contributed by atoms with Gasteiger partial charge in [-0.05, 0) is 32.6 Å². The van der Waals surface area contributed by atoms with E-state index < -0.39 is 12.1 Å². The van der Waals surface area contributed by atoms with Crippen molar-refractivity contribution in [1.29, 1.82) is 0 Å². The van der Waals surface area contributed by atoms with Gasteiger partial charge in [0.05, 0.1) is 5.92 Å².